The Bertz CT molecular complexity index is 79.3. The average molecular weight is 179 g/mol. The van der Waals surface area contributed by atoms with E-state index in [1.807, 2.05) is 0 Å². The molecule has 10 heavy (non-hydrogen) atoms. The molecule has 0 spiro atoms. The van der Waals surface area contributed by atoms with Crippen molar-refractivity contribution in [1.29, 1.82) is 0 Å². The van der Waals surface area contributed by atoms with E-state index >= 15 is 0 Å². The van der Waals surface area contributed by atoms with E-state index in [4.69, 9.17) is 10.7 Å². The number of hydrogen-bond donors (Lipinski definition) is 0. The van der Waals surface area contributed by atoms with Crippen molar-refractivity contribution < 1.29 is 0 Å². The molecule has 2 heteroatoms. The Morgan fingerprint density at radius 3 is 2.50 bits per heavy atom. The summed E-state index contributed by atoms with van der Waals surface area (Å²) >= 11 is 0. The zero-order valence-corrected chi connectivity index (χ0v) is 7.89. The van der Waals surface area contributed by atoms with E-state index in [0.717, 1.165) is 11.7 Å². The van der Waals surface area contributed by atoms with Crippen LogP contribution in [-0.2, 0) is 0 Å². The highest BCUT2D eigenvalue weighted by Crippen LogP contribution is 2.27. The van der Waals surface area contributed by atoms with Gasteiger partial charge in [0.15, 0.2) is 0 Å². The third kappa shape index (κ3) is 3.16. The van der Waals surface area contributed by atoms with Gasteiger partial charge in [-0.15, -0.1) is 0 Å². The zero-order valence-electron chi connectivity index (χ0n) is 6.31. The van der Waals surface area contributed by atoms with Crippen LogP contribution < -0.4 is 0 Å². The van der Waals surface area contributed by atoms with Crippen molar-refractivity contribution >= 4 is 21.7 Å². The maximum atomic E-state index is 5.54. The molecule has 0 aromatic carbocycles. The second kappa shape index (κ2) is 5.31. The Kier molecular flexibility index (Phi) is 4.64. The lowest BCUT2D eigenvalue weighted by atomic mass is 9.88. The summed E-state index contributed by atoms with van der Waals surface area (Å²) in [7, 11) is 7.00. The molecule has 0 saturated heterocycles. The maximum absolute atomic E-state index is 5.54. The normalized spacial score (nSPS) is 21.3. The lowest BCUT2D eigenvalue weighted by Gasteiger charge is -2.20. The molecule has 0 nitrogen and oxygen atoms in total. The van der Waals surface area contributed by atoms with E-state index in [2.05, 4.69) is 0 Å². The molecule has 1 saturated carbocycles. The fourth-order valence-corrected chi connectivity index (χ4v) is 2.38. The lowest BCUT2D eigenvalue weighted by Crippen LogP contribution is -2.06. The summed E-state index contributed by atoms with van der Waals surface area (Å²) in [4.78, 5) is 0. The van der Waals surface area contributed by atoms with Crippen LogP contribution in [0.2, 0.25) is 0 Å². The Labute approximate surface area is 72.2 Å². The Morgan fingerprint density at radius 2 is 1.90 bits per heavy atom. The molecule has 0 atom stereocenters. The summed E-state index contributed by atoms with van der Waals surface area (Å²) in [6.07, 6.45) is 8.63. The predicted molar refractivity (Wildman–Crippen MR) is 49.5 cm³/mol. The van der Waals surface area contributed by atoms with Crippen LogP contribution in [0.5, 0.6) is 0 Å². The summed E-state index contributed by atoms with van der Waals surface area (Å²) in [5.74, 6) is 2.15. The molecule has 0 aliphatic heterocycles. The van der Waals surface area contributed by atoms with Crippen molar-refractivity contribution in [3.05, 3.63) is 0 Å². The minimum absolute atomic E-state index is 1.000. The van der Waals surface area contributed by atoms with Gasteiger partial charge in [0, 0.05) is 5.75 Å². The van der Waals surface area contributed by atoms with Crippen LogP contribution in [0.3, 0.4) is 0 Å². The first-order valence-electron chi connectivity index (χ1n) is 4.17. The molecule has 1 rings (SSSR count). The van der Waals surface area contributed by atoms with Crippen molar-refractivity contribution in [2.45, 2.75) is 38.5 Å². The van der Waals surface area contributed by atoms with E-state index in [0.29, 0.717) is 0 Å². The lowest BCUT2D eigenvalue weighted by molar-refractivity contribution is 0.352. The van der Waals surface area contributed by atoms with E-state index in [-0.39, 0.29) is 0 Å². The van der Waals surface area contributed by atoms with Gasteiger partial charge in [0.25, 0.3) is 0 Å². The second-order valence-corrected chi connectivity index (χ2v) is 4.39. The smallest absolute Gasteiger partial charge is 0.00878 e. The third-order valence-corrected chi connectivity index (χ3v) is 3.18. The molecule has 0 radical (unpaired) electrons. The first kappa shape index (κ1) is 8.73. The topological polar surface area (TPSA) is 0 Å². The van der Waals surface area contributed by atoms with Crippen LogP contribution in [-0.4, -0.2) is 5.75 Å². The standard InChI is InChI=1S/C8H15ClS/c9-10-7-6-8-4-2-1-3-5-8/h8H,1-7H2. The van der Waals surface area contributed by atoms with Crippen molar-refractivity contribution in [3.63, 3.8) is 0 Å². The van der Waals surface area contributed by atoms with Crippen molar-refractivity contribution in [1.82, 2.24) is 0 Å². The predicted octanol–water partition coefficient (Wildman–Crippen LogP) is 3.84. The number of halogens is 1. The molecule has 0 aromatic rings. The molecular formula is C8H15ClS. The van der Waals surface area contributed by atoms with Crippen LogP contribution in [0.25, 0.3) is 0 Å². The van der Waals surface area contributed by atoms with Crippen molar-refractivity contribution in [2.75, 3.05) is 5.75 Å². The quantitative estimate of drug-likeness (QED) is 0.633. The highest BCUT2D eigenvalue weighted by Gasteiger charge is 2.12. The van der Waals surface area contributed by atoms with Crippen LogP contribution in [0, 0.1) is 5.92 Å². The van der Waals surface area contributed by atoms with Crippen LogP contribution in [0.15, 0.2) is 0 Å². The van der Waals surface area contributed by atoms with Gasteiger partial charge in [-0.25, -0.2) is 0 Å². The van der Waals surface area contributed by atoms with E-state index in [1.165, 1.54) is 49.5 Å². The molecule has 0 unspecified atom stereocenters. The van der Waals surface area contributed by atoms with E-state index in [9.17, 15) is 0 Å². The van der Waals surface area contributed by atoms with Gasteiger partial charge in [0.2, 0.25) is 0 Å². The van der Waals surface area contributed by atoms with Gasteiger partial charge >= 0.3 is 0 Å². The molecule has 1 fully saturated rings. The molecule has 0 bridgehead atoms. The average Bonchev–Trinajstić information content (AvgIpc) is 2.03. The fourth-order valence-electron chi connectivity index (χ4n) is 1.69. The molecule has 60 valence electrons. The van der Waals surface area contributed by atoms with Crippen LogP contribution in [0.1, 0.15) is 38.5 Å². The summed E-state index contributed by atoms with van der Waals surface area (Å²) in [6, 6.07) is 0. The molecule has 1 aliphatic rings. The summed E-state index contributed by atoms with van der Waals surface area (Å²) in [5, 5.41) is 0. The van der Waals surface area contributed by atoms with Gasteiger partial charge < -0.3 is 0 Å². The molecule has 0 heterocycles. The highest BCUT2D eigenvalue weighted by atomic mass is 35.7. The number of hydrogen-bond acceptors (Lipinski definition) is 1. The molecular weight excluding hydrogens is 164 g/mol. The number of rotatable bonds is 3. The molecule has 0 aromatic heterocycles. The Morgan fingerprint density at radius 1 is 1.20 bits per heavy atom. The SMILES string of the molecule is ClSCCC1CCCCC1. The van der Waals surface area contributed by atoms with Crippen LogP contribution >= 0.6 is 21.7 Å². The zero-order chi connectivity index (χ0) is 7.23. The van der Waals surface area contributed by atoms with Crippen molar-refractivity contribution in [3.8, 4) is 0 Å². The second-order valence-electron chi connectivity index (χ2n) is 3.11. The van der Waals surface area contributed by atoms with Gasteiger partial charge in [0.1, 0.15) is 0 Å². The summed E-state index contributed by atoms with van der Waals surface area (Å²) in [5.41, 5.74) is 0. The first-order valence-corrected chi connectivity index (χ1v) is 5.98. The third-order valence-electron chi connectivity index (χ3n) is 2.33. The van der Waals surface area contributed by atoms with Gasteiger partial charge in [-0.2, -0.15) is 0 Å². The van der Waals surface area contributed by atoms with E-state index in [1.54, 1.807) is 0 Å². The van der Waals surface area contributed by atoms with Gasteiger partial charge in [-0.1, -0.05) is 43.1 Å². The Hall–Kier alpha value is 0.640. The molecule has 0 N–H and O–H groups in total. The van der Waals surface area contributed by atoms with Gasteiger partial charge in [0.05, 0.1) is 0 Å². The minimum Gasteiger partial charge on any atom is -0.0558 e. The van der Waals surface area contributed by atoms with Gasteiger partial charge in [-0.05, 0) is 23.0 Å². The van der Waals surface area contributed by atoms with Crippen molar-refractivity contribution in [2.24, 2.45) is 5.92 Å². The van der Waals surface area contributed by atoms with E-state index < -0.39 is 0 Å². The Balaban J connectivity index is 2.02. The highest BCUT2D eigenvalue weighted by molar-refractivity contribution is 8.21. The summed E-state index contributed by atoms with van der Waals surface area (Å²) < 4.78 is 0. The minimum atomic E-state index is 1.000. The van der Waals surface area contributed by atoms with Crippen LogP contribution in [0.4, 0.5) is 0 Å². The monoisotopic (exact) mass is 178 g/mol. The molecule has 1 aliphatic carbocycles. The summed E-state index contributed by atoms with van der Waals surface area (Å²) in [6.45, 7) is 0. The fraction of sp³-hybridized carbons (Fsp3) is 1.00. The van der Waals surface area contributed by atoms with Gasteiger partial charge in [-0.3, -0.25) is 0 Å². The maximum Gasteiger partial charge on any atom is 0.00878 e. The first-order chi connectivity index (χ1) is 4.93. The molecule has 0 amide bonds. The largest absolute Gasteiger partial charge is 0.0558 e.